The molecule has 1 aromatic rings. The summed E-state index contributed by atoms with van der Waals surface area (Å²) < 4.78 is 25.9. The van der Waals surface area contributed by atoms with Gasteiger partial charge in [-0.15, -0.1) is 0 Å². The molecule has 1 nitrogen and oxygen atoms in total. The summed E-state index contributed by atoms with van der Waals surface area (Å²) in [6.07, 6.45) is 0.632. The zero-order valence-electron chi connectivity index (χ0n) is 6.60. The van der Waals surface area contributed by atoms with Crippen LogP contribution in [0.15, 0.2) is 12.1 Å². The highest BCUT2D eigenvalue weighted by Gasteiger charge is 2.10. The zero-order valence-corrected chi connectivity index (χ0v) is 6.60. The first-order valence-electron chi connectivity index (χ1n) is 3.62. The van der Waals surface area contributed by atoms with Crippen LogP contribution in [0.3, 0.4) is 0 Å². The summed E-state index contributed by atoms with van der Waals surface area (Å²) in [6, 6.07) is 2.24. The molecule has 0 atom stereocenters. The lowest BCUT2D eigenvalue weighted by Gasteiger charge is -2.02. The Morgan fingerprint density at radius 1 is 1.42 bits per heavy atom. The van der Waals surface area contributed by atoms with Crippen LogP contribution in [0.1, 0.15) is 22.8 Å². The molecule has 0 fully saturated rings. The lowest BCUT2D eigenvalue weighted by molar-refractivity contribution is 0.111. The van der Waals surface area contributed by atoms with E-state index in [2.05, 4.69) is 0 Å². The van der Waals surface area contributed by atoms with Crippen molar-refractivity contribution in [3.63, 3.8) is 0 Å². The van der Waals surface area contributed by atoms with Crippen LogP contribution in [0.25, 0.3) is 0 Å². The van der Waals surface area contributed by atoms with Gasteiger partial charge in [0.2, 0.25) is 0 Å². The van der Waals surface area contributed by atoms with Crippen molar-refractivity contribution in [1.82, 2.24) is 0 Å². The van der Waals surface area contributed by atoms with Crippen LogP contribution in [-0.2, 0) is 6.42 Å². The third-order valence-corrected chi connectivity index (χ3v) is 1.70. The molecule has 0 aliphatic carbocycles. The van der Waals surface area contributed by atoms with Crippen LogP contribution in [0.5, 0.6) is 0 Å². The topological polar surface area (TPSA) is 17.1 Å². The highest BCUT2D eigenvalue weighted by Crippen LogP contribution is 2.15. The summed E-state index contributed by atoms with van der Waals surface area (Å²) >= 11 is 0. The number of hydrogen-bond donors (Lipinski definition) is 0. The molecule has 3 heteroatoms. The first-order valence-corrected chi connectivity index (χ1v) is 3.62. The van der Waals surface area contributed by atoms with Crippen molar-refractivity contribution >= 4 is 6.29 Å². The minimum absolute atomic E-state index is 0.0281. The molecule has 1 rings (SSSR count). The molecule has 1 aromatic carbocycles. The van der Waals surface area contributed by atoms with E-state index in [0.717, 1.165) is 12.1 Å². The zero-order chi connectivity index (χ0) is 9.14. The number of rotatable bonds is 2. The third-order valence-electron chi connectivity index (χ3n) is 1.70. The molecule has 0 amide bonds. The number of benzene rings is 1. The number of hydrogen-bond acceptors (Lipinski definition) is 1. The van der Waals surface area contributed by atoms with Crippen molar-refractivity contribution in [3.8, 4) is 0 Å². The normalized spacial score (nSPS) is 9.92. The van der Waals surface area contributed by atoms with Gasteiger partial charge < -0.3 is 0 Å². The van der Waals surface area contributed by atoms with Gasteiger partial charge in [0, 0.05) is 5.56 Å². The van der Waals surface area contributed by atoms with Gasteiger partial charge in [-0.2, -0.15) is 0 Å². The maximum absolute atomic E-state index is 13.1. The first-order chi connectivity index (χ1) is 5.70. The molecule has 0 spiro atoms. The smallest absolute Gasteiger partial charge is 0.153 e. The maximum Gasteiger partial charge on any atom is 0.153 e. The second kappa shape index (κ2) is 3.43. The minimum atomic E-state index is -0.743. The summed E-state index contributed by atoms with van der Waals surface area (Å²) in [6.45, 7) is 1.63. The average Bonchev–Trinajstić information content (AvgIpc) is 2.06. The number of carbonyl (C=O) groups excluding carboxylic acids is 1. The fourth-order valence-electron chi connectivity index (χ4n) is 1.03. The summed E-state index contributed by atoms with van der Waals surface area (Å²) in [4.78, 5) is 10.2. The van der Waals surface area contributed by atoms with E-state index in [1.807, 2.05) is 0 Å². The van der Waals surface area contributed by atoms with Gasteiger partial charge in [0.1, 0.15) is 11.6 Å². The molecule has 0 radical (unpaired) electrons. The predicted octanol–water partition coefficient (Wildman–Crippen LogP) is 2.34. The highest BCUT2D eigenvalue weighted by molar-refractivity contribution is 5.75. The van der Waals surface area contributed by atoms with Crippen LogP contribution in [-0.4, -0.2) is 6.29 Å². The Balaban J connectivity index is 3.33. The van der Waals surface area contributed by atoms with Crippen molar-refractivity contribution in [2.45, 2.75) is 13.3 Å². The lowest BCUT2D eigenvalue weighted by Crippen LogP contribution is -1.98. The highest BCUT2D eigenvalue weighted by atomic mass is 19.1. The third kappa shape index (κ3) is 1.35. The molecule has 0 aliphatic rings. The Bertz CT molecular complexity index is 308. The van der Waals surface area contributed by atoms with Gasteiger partial charge in [-0.1, -0.05) is 6.92 Å². The molecule has 12 heavy (non-hydrogen) atoms. The fourth-order valence-corrected chi connectivity index (χ4v) is 1.03. The second-order valence-electron chi connectivity index (χ2n) is 2.40. The molecule has 0 aliphatic heterocycles. The Morgan fingerprint density at radius 2 is 2.08 bits per heavy atom. The molecule has 64 valence electrons. The van der Waals surface area contributed by atoms with E-state index < -0.39 is 11.6 Å². The van der Waals surface area contributed by atoms with Crippen molar-refractivity contribution in [3.05, 3.63) is 34.9 Å². The summed E-state index contributed by atoms with van der Waals surface area (Å²) in [5.41, 5.74) is -0.118. The van der Waals surface area contributed by atoms with Gasteiger partial charge in [0.15, 0.2) is 6.29 Å². The Morgan fingerprint density at radius 3 is 2.58 bits per heavy atom. The van der Waals surface area contributed by atoms with Gasteiger partial charge >= 0.3 is 0 Å². The summed E-state index contributed by atoms with van der Waals surface area (Å²) in [7, 11) is 0. The Hall–Kier alpha value is -1.25. The monoisotopic (exact) mass is 170 g/mol. The Labute approximate surface area is 69.0 Å². The second-order valence-corrected chi connectivity index (χ2v) is 2.40. The molecule has 0 bridgehead atoms. The first kappa shape index (κ1) is 8.84. The molecule has 0 heterocycles. The van der Waals surface area contributed by atoms with Gasteiger partial charge in [0.25, 0.3) is 0 Å². The SMILES string of the molecule is CCc1c(F)ccc(C=O)c1F. The fraction of sp³-hybridized carbons (Fsp3) is 0.222. The summed E-state index contributed by atoms with van der Waals surface area (Å²) in [5, 5.41) is 0. The molecular weight excluding hydrogens is 162 g/mol. The lowest BCUT2D eigenvalue weighted by atomic mass is 10.1. The van der Waals surface area contributed by atoms with E-state index in [1.165, 1.54) is 0 Å². The van der Waals surface area contributed by atoms with E-state index in [9.17, 15) is 13.6 Å². The molecule has 0 aromatic heterocycles. The molecule has 0 saturated heterocycles. The molecule has 0 N–H and O–H groups in total. The van der Waals surface area contributed by atoms with E-state index in [4.69, 9.17) is 0 Å². The molecule has 0 unspecified atom stereocenters. The van der Waals surface area contributed by atoms with Crippen molar-refractivity contribution in [2.24, 2.45) is 0 Å². The van der Waals surface area contributed by atoms with E-state index in [0.29, 0.717) is 6.29 Å². The van der Waals surface area contributed by atoms with Crippen molar-refractivity contribution < 1.29 is 13.6 Å². The number of aldehydes is 1. The summed E-state index contributed by atoms with van der Waals surface area (Å²) in [5.74, 6) is -1.34. The van der Waals surface area contributed by atoms with Crippen molar-refractivity contribution in [2.75, 3.05) is 0 Å². The van der Waals surface area contributed by atoms with Gasteiger partial charge in [0.05, 0.1) is 5.56 Å². The van der Waals surface area contributed by atoms with E-state index >= 15 is 0 Å². The molecule has 0 saturated carbocycles. The average molecular weight is 170 g/mol. The largest absolute Gasteiger partial charge is 0.298 e. The molecular formula is C9H8F2O. The van der Waals surface area contributed by atoms with Crippen LogP contribution in [0.4, 0.5) is 8.78 Å². The van der Waals surface area contributed by atoms with Crippen LogP contribution in [0.2, 0.25) is 0 Å². The van der Waals surface area contributed by atoms with Gasteiger partial charge in [-0.25, -0.2) is 8.78 Å². The standard InChI is InChI=1S/C9H8F2O/c1-2-7-8(10)4-3-6(5-12)9(7)11/h3-5H,2H2,1H3. The van der Waals surface area contributed by atoms with Crippen LogP contribution >= 0.6 is 0 Å². The van der Waals surface area contributed by atoms with Crippen LogP contribution < -0.4 is 0 Å². The van der Waals surface area contributed by atoms with Crippen LogP contribution in [0, 0.1) is 11.6 Å². The number of carbonyl (C=O) groups is 1. The maximum atomic E-state index is 13.1. The van der Waals surface area contributed by atoms with Gasteiger partial charge in [-0.05, 0) is 18.6 Å². The minimum Gasteiger partial charge on any atom is -0.298 e. The quantitative estimate of drug-likeness (QED) is 0.622. The predicted molar refractivity (Wildman–Crippen MR) is 41.1 cm³/mol. The van der Waals surface area contributed by atoms with Crippen molar-refractivity contribution in [1.29, 1.82) is 0 Å². The Kier molecular flexibility index (Phi) is 2.53. The van der Waals surface area contributed by atoms with E-state index in [-0.39, 0.29) is 17.5 Å². The van der Waals surface area contributed by atoms with Gasteiger partial charge in [-0.3, -0.25) is 4.79 Å². The number of halogens is 2. The van der Waals surface area contributed by atoms with E-state index in [1.54, 1.807) is 6.92 Å².